The molecule has 0 atom stereocenters. The van der Waals surface area contributed by atoms with E-state index in [2.05, 4.69) is 68.8 Å². The van der Waals surface area contributed by atoms with Crippen LogP contribution in [0.4, 0.5) is 0 Å². The quantitative estimate of drug-likeness (QED) is 0.0478. The number of carbonyl (C=O) groups is 2. The molecule has 4 aromatic carbocycles. The number of hydrogen-bond donors (Lipinski definition) is 1. The Kier molecular flexibility index (Phi) is 27.4. The van der Waals surface area contributed by atoms with Crippen LogP contribution in [0.3, 0.4) is 0 Å². The molecular weight excluding hydrogens is 1090 g/mol. The number of likely N-dealkylation sites (tertiary alicyclic amines) is 2. The van der Waals surface area contributed by atoms with Crippen LogP contribution in [0.2, 0.25) is 20.1 Å². The number of nitrogens with zero attached hydrogens (tertiary/aromatic N) is 3. The molecule has 1 amide bonds. The van der Waals surface area contributed by atoms with Crippen molar-refractivity contribution in [2.45, 2.75) is 157 Å². The Morgan fingerprint density at radius 3 is 1.48 bits per heavy atom. The molecule has 428 valence electrons. The van der Waals surface area contributed by atoms with Gasteiger partial charge in [0.2, 0.25) is 0 Å². The SMILES string of the molecule is CC(C)CCN1CCC(NCc2ccc(-c3ccc(Cl)c(Cl)c3)o2)CC1.CCCCCc1ccc(C(=O)Cl)cc1.CCCCCc1ccc(C(=O)N(Cc2ccc(-c3ccc(Cl)c(Cl)c3)o2)C2CCN(CCC(C)C)CC2)cc1. The van der Waals surface area contributed by atoms with Crippen LogP contribution in [0.15, 0.2) is 118 Å². The van der Waals surface area contributed by atoms with Gasteiger partial charge >= 0.3 is 0 Å². The number of unbranched alkanes of at least 4 members (excludes halogenated alkanes) is 4. The van der Waals surface area contributed by atoms with Gasteiger partial charge in [-0.1, -0.05) is 138 Å². The highest BCUT2D eigenvalue weighted by molar-refractivity contribution is 6.67. The molecule has 2 aromatic heterocycles. The van der Waals surface area contributed by atoms with Crippen LogP contribution in [0.1, 0.15) is 162 Å². The number of benzene rings is 4. The maximum absolute atomic E-state index is 13.9. The zero-order chi connectivity index (χ0) is 56.7. The minimum absolute atomic E-state index is 0.0724. The van der Waals surface area contributed by atoms with Crippen LogP contribution in [0, 0.1) is 11.8 Å². The first kappa shape index (κ1) is 64.1. The van der Waals surface area contributed by atoms with E-state index in [1.54, 1.807) is 24.3 Å². The van der Waals surface area contributed by atoms with Crippen molar-refractivity contribution in [3.63, 3.8) is 0 Å². The Hall–Kier alpha value is -4.09. The minimum Gasteiger partial charge on any atom is -0.460 e. The molecule has 0 aliphatic carbocycles. The number of nitrogens with one attached hydrogen (secondary N) is 1. The van der Waals surface area contributed by atoms with Crippen molar-refractivity contribution in [2.75, 3.05) is 39.3 Å². The van der Waals surface area contributed by atoms with Gasteiger partial charge in [0.05, 0.1) is 33.2 Å². The molecule has 0 unspecified atom stereocenters. The number of furan rings is 2. The van der Waals surface area contributed by atoms with Crippen molar-refractivity contribution in [3.05, 3.63) is 163 Å². The summed E-state index contributed by atoms with van der Waals surface area (Å²) in [6.45, 7) is 21.5. The van der Waals surface area contributed by atoms with Crippen LogP contribution in [0.25, 0.3) is 22.6 Å². The molecule has 0 spiro atoms. The lowest BCUT2D eigenvalue weighted by Crippen LogP contribution is -2.47. The predicted octanol–water partition coefficient (Wildman–Crippen LogP) is 18.8. The van der Waals surface area contributed by atoms with E-state index in [0.29, 0.717) is 44.2 Å². The second-order valence-corrected chi connectivity index (χ2v) is 24.2. The molecule has 0 saturated carbocycles. The standard InChI is InChI=1S/C33H42Cl2N2O2.C21H28Cl2N2O.C12H15ClO/c1-4-5-6-7-25-8-10-26(11-9-25)33(38)37(28-17-20-36(21-18-28)19-16-24(2)3)23-29-13-15-32(39-29)27-12-14-30(34)31(35)22-27;1-15(2)7-10-25-11-8-17(9-12-25)24-14-18-4-6-21(26-18)16-3-5-19(22)20(23)13-16;1-2-3-4-5-10-6-8-11(9-7-10)12(13)14/h8-15,22,24,28H,4-7,16-21,23H2,1-3H3;3-6,13,15,17,24H,7-12,14H2,1-2H3;6-9H,2-5H2,1H3. The smallest absolute Gasteiger partial charge is 0.254 e. The van der Waals surface area contributed by atoms with E-state index in [9.17, 15) is 9.59 Å². The van der Waals surface area contributed by atoms with E-state index in [1.807, 2.05) is 77.7 Å². The molecule has 2 aliphatic heterocycles. The van der Waals surface area contributed by atoms with Crippen molar-refractivity contribution >= 4 is 69.2 Å². The molecule has 0 bridgehead atoms. The van der Waals surface area contributed by atoms with Gasteiger partial charge in [-0.3, -0.25) is 9.59 Å². The van der Waals surface area contributed by atoms with Gasteiger partial charge < -0.3 is 28.9 Å². The maximum atomic E-state index is 13.9. The second-order valence-electron chi connectivity index (χ2n) is 22.2. The fourth-order valence-electron chi connectivity index (χ4n) is 9.96. The number of amides is 1. The second kappa shape index (κ2) is 33.7. The lowest BCUT2D eigenvalue weighted by atomic mass is 10.00. The van der Waals surface area contributed by atoms with Gasteiger partial charge in [-0.15, -0.1) is 0 Å². The molecule has 8 rings (SSSR count). The summed E-state index contributed by atoms with van der Waals surface area (Å²) >= 11 is 29.7. The summed E-state index contributed by atoms with van der Waals surface area (Å²) < 4.78 is 12.2. The van der Waals surface area contributed by atoms with E-state index in [-0.39, 0.29) is 17.2 Å². The molecule has 6 aromatic rings. The minimum atomic E-state index is -0.384. The van der Waals surface area contributed by atoms with Crippen molar-refractivity contribution < 1.29 is 18.4 Å². The Morgan fingerprint density at radius 2 is 1.03 bits per heavy atom. The van der Waals surface area contributed by atoms with Crippen LogP contribution >= 0.6 is 58.0 Å². The molecule has 4 heterocycles. The Balaban J connectivity index is 0.000000215. The van der Waals surface area contributed by atoms with Crippen LogP contribution in [-0.4, -0.2) is 77.2 Å². The Labute approximate surface area is 497 Å². The third kappa shape index (κ3) is 21.6. The number of rotatable bonds is 24. The number of hydrogen-bond acceptors (Lipinski definition) is 7. The lowest BCUT2D eigenvalue weighted by molar-refractivity contribution is 0.0527. The molecule has 13 heteroatoms. The summed E-state index contributed by atoms with van der Waals surface area (Å²) in [5.41, 5.74) is 5.70. The van der Waals surface area contributed by atoms with Crippen molar-refractivity contribution in [1.82, 2.24) is 20.0 Å². The summed E-state index contributed by atoms with van der Waals surface area (Å²) in [5, 5.41) is 5.37. The number of aryl methyl sites for hydroxylation is 2. The summed E-state index contributed by atoms with van der Waals surface area (Å²) in [5.74, 6) is 4.82. The zero-order valence-corrected chi connectivity index (χ0v) is 51.4. The molecule has 2 fully saturated rings. The average Bonchev–Trinajstić information content (AvgIpc) is 4.18. The maximum Gasteiger partial charge on any atom is 0.254 e. The Bertz CT molecular complexity index is 2740. The summed E-state index contributed by atoms with van der Waals surface area (Å²) in [7, 11) is 0. The summed E-state index contributed by atoms with van der Waals surface area (Å²) in [6.07, 6.45) is 16.3. The van der Waals surface area contributed by atoms with Crippen LogP contribution < -0.4 is 5.32 Å². The Morgan fingerprint density at radius 1 is 0.570 bits per heavy atom. The van der Waals surface area contributed by atoms with Gasteiger partial charge in [-0.2, -0.15) is 0 Å². The fourth-order valence-corrected chi connectivity index (χ4v) is 10.7. The molecule has 2 aliphatic rings. The van der Waals surface area contributed by atoms with E-state index < -0.39 is 0 Å². The first-order chi connectivity index (χ1) is 38.1. The van der Waals surface area contributed by atoms with Gasteiger partial charge in [0.15, 0.2) is 0 Å². The molecule has 0 radical (unpaired) electrons. The molecule has 8 nitrogen and oxygen atoms in total. The average molecular weight is 1180 g/mol. The number of carbonyl (C=O) groups excluding carboxylic acids is 2. The van der Waals surface area contributed by atoms with Gasteiger partial charge in [0, 0.05) is 47.4 Å². The van der Waals surface area contributed by atoms with Gasteiger partial charge in [-0.25, -0.2) is 0 Å². The van der Waals surface area contributed by atoms with E-state index in [0.717, 1.165) is 97.5 Å². The first-order valence-electron chi connectivity index (χ1n) is 29.0. The van der Waals surface area contributed by atoms with Gasteiger partial charge in [-0.05, 0) is 210 Å². The van der Waals surface area contributed by atoms with Gasteiger partial charge in [0.1, 0.15) is 23.0 Å². The predicted molar refractivity (Wildman–Crippen MR) is 332 cm³/mol. The van der Waals surface area contributed by atoms with E-state index >= 15 is 0 Å². The number of halogens is 5. The van der Waals surface area contributed by atoms with Crippen LogP contribution in [0.5, 0.6) is 0 Å². The summed E-state index contributed by atoms with van der Waals surface area (Å²) in [4.78, 5) is 31.9. The summed E-state index contributed by atoms with van der Waals surface area (Å²) in [6, 6.07) is 35.5. The molecule has 2 saturated heterocycles. The monoisotopic (exact) mass is 1170 g/mol. The van der Waals surface area contributed by atoms with Gasteiger partial charge in [0.25, 0.3) is 11.1 Å². The van der Waals surface area contributed by atoms with Crippen molar-refractivity contribution in [3.8, 4) is 22.6 Å². The van der Waals surface area contributed by atoms with E-state index in [4.69, 9.17) is 66.8 Å². The third-order valence-electron chi connectivity index (χ3n) is 15.0. The normalized spacial score (nSPS) is 14.5. The van der Waals surface area contributed by atoms with E-state index in [1.165, 1.54) is 95.0 Å². The third-order valence-corrected chi connectivity index (χ3v) is 16.7. The highest BCUT2D eigenvalue weighted by atomic mass is 35.5. The molecular formula is C66H85Cl5N4O4. The fraction of sp³-hybridized carbons (Fsp3) is 0.485. The number of piperidine rings is 2. The van der Waals surface area contributed by atoms with Crippen molar-refractivity contribution in [1.29, 1.82) is 0 Å². The largest absolute Gasteiger partial charge is 0.460 e. The highest BCUT2D eigenvalue weighted by Gasteiger charge is 2.30. The van der Waals surface area contributed by atoms with Crippen LogP contribution in [-0.2, 0) is 25.9 Å². The molecule has 1 N–H and O–H groups in total. The molecule has 79 heavy (non-hydrogen) atoms. The highest BCUT2D eigenvalue weighted by Crippen LogP contribution is 2.32. The van der Waals surface area contributed by atoms with Crippen molar-refractivity contribution in [2.24, 2.45) is 11.8 Å². The first-order valence-corrected chi connectivity index (χ1v) is 30.9. The lowest BCUT2D eigenvalue weighted by Gasteiger charge is -2.38. The zero-order valence-electron chi connectivity index (χ0n) is 47.6. The topological polar surface area (TPSA) is 82.2 Å².